The number of halogens is 1. The molecule has 0 unspecified atom stereocenters. The second-order valence-electron chi connectivity index (χ2n) is 3.86. The fourth-order valence-electron chi connectivity index (χ4n) is 1.51. The van der Waals surface area contributed by atoms with Crippen LogP contribution in [0.3, 0.4) is 0 Å². The van der Waals surface area contributed by atoms with Gasteiger partial charge in [0.1, 0.15) is 0 Å². The second kappa shape index (κ2) is 6.38. The van der Waals surface area contributed by atoms with Crippen molar-refractivity contribution in [3.05, 3.63) is 29.0 Å². The van der Waals surface area contributed by atoms with Crippen molar-refractivity contribution in [2.45, 2.75) is 13.8 Å². The minimum absolute atomic E-state index is 0.00419. The van der Waals surface area contributed by atoms with Crippen LogP contribution in [-0.2, 0) is 0 Å². The average Bonchev–Trinajstić information content (AvgIpc) is 2.40. The molecule has 7 heteroatoms. The summed E-state index contributed by atoms with van der Waals surface area (Å²) >= 11 is 5.80. The topological polar surface area (TPSA) is 66.4 Å². The predicted molar refractivity (Wildman–Crippen MR) is 73.8 cm³/mol. The average molecular weight is 296 g/mol. The highest BCUT2D eigenvalue weighted by atomic mass is 35.5. The first-order valence-electron chi connectivity index (χ1n) is 5.99. The minimum Gasteiger partial charge on any atom is -0.493 e. The Morgan fingerprint density at radius 2 is 1.85 bits per heavy atom. The summed E-state index contributed by atoms with van der Waals surface area (Å²) in [6, 6.07) is 5.68. The van der Waals surface area contributed by atoms with Crippen LogP contribution in [0.25, 0.3) is 0 Å². The van der Waals surface area contributed by atoms with E-state index < -0.39 is 0 Å². The van der Waals surface area contributed by atoms with Crippen LogP contribution >= 0.6 is 11.6 Å². The van der Waals surface area contributed by atoms with E-state index in [0.29, 0.717) is 18.1 Å². The van der Waals surface area contributed by atoms with E-state index in [1.54, 1.807) is 13.2 Å². The standard InChI is InChI=1S/C13H14ClN3O3/c1-4-19-12-15-11(14)16-13(17-12)20-9-6-5-8(2)7-10(9)18-3/h5-7H,4H2,1-3H3. The highest BCUT2D eigenvalue weighted by Gasteiger charge is 2.11. The Labute approximate surface area is 121 Å². The molecule has 20 heavy (non-hydrogen) atoms. The lowest BCUT2D eigenvalue weighted by atomic mass is 10.2. The fourth-order valence-corrected chi connectivity index (χ4v) is 1.66. The van der Waals surface area contributed by atoms with E-state index >= 15 is 0 Å². The molecule has 1 aromatic carbocycles. The molecule has 0 fully saturated rings. The zero-order valence-electron chi connectivity index (χ0n) is 11.4. The van der Waals surface area contributed by atoms with Crippen LogP contribution in [0.2, 0.25) is 5.28 Å². The SMILES string of the molecule is CCOc1nc(Cl)nc(Oc2ccc(C)cc2OC)n1. The van der Waals surface area contributed by atoms with Crippen molar-refractivity contribution in [1.29, 1.82) is 0 Å². The Morgan fingerprint density at radius 1 is 1.10 bits per heavy atom. The van der Waals surface area contributed by atoms with E-state index in [1.807, 2.05) is 26.0 Å². The summed E-state index contributed by atoms with van der Waals surface area (Å²) in [5, 5.41) is 0.00419. The number of nitrogens with zero attached hydrogens (tertiary/aromatic N) is 3. The Hall–Kier alpha value is -2.08. The third-order valence-electron chi connectivity index (χ3n) is 2.36. The van der Waals surface area contributed by atoms with Crippen LogP contribution in [-0.4, -0.2) is 28.7 Å². The van der Waals surface area contributed by atoms with Crippen molar-refractivity contribution >= 4 is 11.6 Å². The molecule has 2 aromatic rings. The van der Waals surface area contributed by atoms with Gasteiger partial charge in [0, 0.05) is 0 Å². The monoisotopic (exact) mass is 295 g/mol. The second-order valence-corrected chi connectivity index (χ2v) is 4.20. The smallest absolute Gasteiger partial charge is 0.329 e. The van der Waals surface area contributed by atoms with Crippen molar-refractivity contribution < 1.29 is 14.2 Å². The summed E-state index contributed by atoms with van der Waals surface area (Å²) in [4.78, 5) is 11.7. The van der Waals surface area contributed by atoms with Crippen LogP contribution in [0.15, 0.2) is 18.2 Å². The molecular formula is C13H14ClN3O3. The van der Waals surface area contributed by atoms with Gasteiger partial charge in [0.2, 0.25) is 5.28 Å². The van der Waals surface area contributed by atoms with Gasteiger partial charge in [-0.3, -0.25) is 0 Å². The number of aromatic nitrogens is 3. The van der Waals surface area contributed by atoms with E-state index in [9.17, 15) is 0 Å². The van der Waals surface area contributed by atoms with E-state index in [4.69, 9.17) is 25.8 Å². The van der Waals surface area contributed by atoms with Crippen LogP contribution in [0.1, 0.15) is 12.5 Å². The molecule has 0 saturated carbocycles. The largest absolute Gasteiger partial charge is 0.493 e. The number of ether oxygens (including phenoxy) is 3. The molecule has 106 valence electrons. The van der Waals surface area contributed by atoms with Crippen LogP contribution in [0.4, 0.5) is 0 Å². The van der Waals surface area contributed by atoms with Crippen molar-refractivity contribution in [2.24, 2.45) is 0 Å². The highest BCUT2D eigenvalue weighted by Crippen LogP contribution is 2.31. The number of hydrogen-bond acceptors (Lipinski definition) is 6. The van der Waals surface area contributed by atoms with Crippen LogP contribution < -0.4 is 14.2 Å². The Kier molecular flexibility index (Phi) is 4.57. The third kappa shape index (κ3) is 3.48. The lowest BCUT2D eigenvalue weighted by Gasteiger charge is -2.10. The number of methoxy groups -OCH3 is 1. The van der Waals surface area contributed by atoms with Crippen molar-refractivity contribution in [2.75, 3.05) is 13.7 Å². The highest BCUT2D eigenvalue weighted by molar-refractivity contribution is 6.28. The maximum Gasteiger partial charge on any atom is 0.329 e. The first-order chi connectivity index (χ1) is 9.62. The number of hydrogen-bond donors (Lipinski definition) is 0. The Balaban J connectivity index is 2.29. The Morgan fingerprint density at radius 3 is 2.55 bits per heavy atom. The van der Waals surface area contributed by atoms with Gasteiger partial charge in [-0.2, -0.15) is 9.97 Å². The van der Waals surface area contributed by atoms with Crippen molar-refractivity contribution in [3.63, 3.8) is 0 Å². The zero-order chi connectivity index (χ0) is 14.5. The number of aryl methyl sites for hydroxylation is 1. The first kappa shape index (κ1) is 14.3. The van der Waals surface area contributed by atoms with E-state index in [1.165, 1.54) is 0 Å². The summed E-state index contributed by atoms with van der Waals surface area (Å²) in [7, 11) is 1.56. The van der Waals surface area contributed by atoms with E-state index in [0.717, 1.165) is 5.56 Å². The van der Waals surface area contributed by atoms with Gasteiger partial charge in [-0.05, 0) is 43.1 Å². The summed E-state index contributed by atoms with van der Waals surface area (Å²) in [5.41, 5.74) is 1.05. The summed E-state index contributed by atoms with van der Waals surface area (Å²) < 4.78 is 16.0. The number of rotatable bonds is 5. The molecule has 1 aromatic heterocycles. The first-order valence-corrected chi connectivity index (χ1v) is 6.37. The molecule has 0 aliphatic heterocycles. The normalized spacial score (nSPS) is 10.2. The number of benzene rings is 1. The Bertz CT molecular complexity index is 607. The molecule has 0 saturated heterocycles. The minimum atomic E-state index is 0.00419. The summed E-state index contributed by atoms with van der Waals surface area (Å²) in [5.74, 6) is 1.07. The van der Waals surface area contributed by atoms with Gasteiger partial charge in [0.05, 0.1) is 13.7 Å². The molecule has 6 nitrogen and oxygen atoms in total. The van der Waals surface area contributed by atoms with Gasteiger partial charge in [-0.25, -0.2) is 0 Å². The summed E-state index contributed by atoms with van der Waals surface area (Å²) in [6.07, 6.45) is 0. The molecule has 0 spiro atoms. The van der Waals surface area contributed by atoms with Crippen molar-refractivity contribution in [3.8, 4) is 23.5 Å². The molecule has 1 heterocycles. The maximum atomic E-state index is 5.80. The molecular weight excluding hydrogens is 282 g/mol. The van der Waals surface area contributed by atoms with Crippen molar-refractivity contribution in [1.82, 2.24) is 15.0 Å². The molecule has 0 radical (unpaired) electrons. The van der Waals surface area contributed by atoms with E-state index in [2.05, 4.69) is 15.0 Å². The lowest BCUT2D eigenvalue weighted by molar-refractivity contribution is 0.301. The zero-order valence-corrected chi connectivity index (χ0v) is 12.1. The molecule has 0 aliphatic rings. The van der Waals surface area contributed by atoms with E-state index in [-0.39, 0.29) is 17.3 Å². The quantitative estimate of drug-likeness (QED) is 0.844. The molecule has 0 amide bonds. The summed E-state index contributed by atoms with van der Waals surface area (Å²) in [6.45, 7) is 4.20. The third-order valence-corrected chi connectivity index (χ3v) is 2.53. The van der Waals surface area contributed by atoms with Gasteiger partial charge in [-0.1, -0.05) is 6.07 Å². The molecule has 0 bridgehead atoms. The van der Waals surface area contributed by atoms with Gasteiger partial charge in [0.15, 0.2) is 11.5 Å². The van der Waals surface area contributed by atoms with Gasteiger partial charge < -0.3 is 14.2 Å². The van der Waals surface area contributed by atoms with Gasteiger partial charge in [0.25, 0.3) is 0 Å². The van der Waals surface area contributed by atoms with Gasteiger partial charge >= 0.3 is 12.0 Å². The molecule has 0 atom stereocenters. The molecule has 0 N–H and O–H groups in total. The maximum absolute atomic E-state index is 5.80. The van der Waals surface area contributed by atoms with Crippen LogP contribution in [0, 0.1) is 6.92 Å². The van der Waals surface area contributed by atoms with Gasteiger partial charge in [-0.15, -0.1) is 4.98 Å². The lowest BCUT2D eigenvalue weighted by Crippen LogP contribution is -2.02. The van der Waals surface area contributed by atoms with Crippen LogP contribution in [0.5, 0.6) is 23.5 Å². The predicted octanol–water partition coefficient (Wildman–Crippen LogP) is 3.03. The molecule has 2 rings (SSSR count). The fraction of sp³-hybridized carbons (Fsp3) is 0.308. The molecule has 0 aliphatic carbocycles.